The number of H-pyrrole nitrogens is 1. The molecule has 0 amide bonds. The fraction of sp³-hybridized carbons (Fsp3) is 0.333. The summed E-state index contributed by atoms with van der Waals surface area (Å²) in [6.07, 6.45) is 0.622. The second-order valence-corrected chi connectivity index (χ2v) is 3.77. The number of nitrogens with one attached hydrogen (secondary N) is 1. The normalized spacial score (nSPS) is 10.4. The summed E-state index contributed by atoms with van der Waals surface area (Å²) in [5.41, 5.74) is 6.52. The van der Waals surface area contributed by atoms with E-state index in [1.807, 2.05) is 18.2 Å². The van der Waals surface area contributed by atoms with Gasteiger partial charge in [0.2, 0.25) is 0 Å². The zero-order valence-electron chi connectivity index (χ0n) is 10.4. The van der Waals surface area contributed by atoms with Gasteiger partial charge in [-0.1, -0.05) is 6.07 Å². The number of nitrogens with zero attached hydrogens (tertiary/aromatic N) is 2. The van der Waals surface area contributed by atoms with Gasteiger partial charge in [0.25, 0.3) is 0 Å². The highest BCUT2D eigenvalue weighted by Gasteiger charge is 2.07. The summed E-state index contributed by atoms with van der Waals surface area (Å²) < 4.78 is 10.4. The summed E-state index contributed by atoms with van der Waals surface area (Å²) in [6.45, 7) is 0.360. The van der Waals surface area contributed by atoms with E-state index in [0.717, 1.165) is 5.56 Å². The van der Waals surface area contributed by atoms with E-state index >= 15 is 0 Å². The number of methoxy groups -OCH3 is 2. The lowest BCUT2D eigenvalue weighted by atomic mass is 10.1. The van der Waals surface area contributed by atoms with Crippen molar-refractivity contribution in [2.24, 2.45) is 5.73 Å². The molecular formula is C12H16N4O2. The highest BCUT2D eigenvalue weighted by Crippen LogP contribution is 2.28. The molecule has 6 nitrogen and oxygen atoms in total. The van der Waals surface area contributed by atoms with Crippen molar-refractivity contribution >= 4 is 0 Å². The Bertz CT molecular complexity index is 525. The first kappa shape index (κ1) is 12.4. The van der Waals surface area contributed by atoms with Crippen molar-refractivity contribution in [3.05, 3.63) is 35.4 Å². The van der Waals surface area contributed by atoms with E-state index in [9.17, 15) is 0 Å². The number of rotatable bonds is 5. The van der Waals surface area contributed by atoms with Crippen LogP contribution >= 0.6 is 0 Å². The number of hydrogen-bond acceptors (Lipinski definition) is 5. The molecule has 0 atom stereocenters. The van der Waals surface area contributed by atoms with Crippen LogP contribution in [0.25, 0.3) is 0 Å². The third kappa shape index (κ3) is 2.60. The van der Waals surface area contributed by atoms with Crippen LogP contribution in [-0.4, -0.2) is 29.4 Å². The van der Waals surface area contributed by atoms with Gasteiger partial charge >= 0.3 is 0 Å². The van der Waals surface area contributed by atoms with Gasteiger partial charge in [-0.25, -0.2) is 4.98 Å². The summed E-state index contributed by atoms with van der Waals surface area (Å²) >= 11 is 0. The van der Waals surface area contributed by atoms with Gasteiger partial charge in [0.05, 0.1) is 20.8 Å². The quantitative estimate of drug-likeness (QED) is 0.820. The Morgan fingerprint density at radius 3 is 2.61 bits per heavy atom. The zero-order chi connectivity index (χ0) is 13.0. The third-order valence-electron chi connectivity index (χ3n) is 2.58. The molecule has 0 saturated carbocycles. The van der Waals surface area contributed by atoms with E-state index < -0.39 is 0 Å². The molecule has 0 saturated heterocycles. The van der Waals surface area contributed by atoms with Crippen LogP contribution in [0.1, 0.15) is 17.2 Å². The van der Waals surface area contributed by atoms with Crippen molar-refractivity contribution in [2.75, 3.05) is 14.2 Å². The van der Waals surface area contributed by atoms with Gasteiger partial charge in [-0.15, -0.1) is 0 Å². The molecule has 0 aliphatic rings. The van der Waals surface area contributed by atoms with Crippen LogP contribution in [0.5, 0.6) is 11.5 Å². The van der Waals surface area contributed by atoms with Crippen molar-refractivity contribution in [3.8, 4) is 11.5 Å². The summed E-state index contributed by atoms with van der Waals surface area (Å²) in [4.78, 5) is 4.26. The van der Waals surface area contributed by atoms with Crippen LogP contribution in [0.15, 0.2) is 18.2 Å². The molecule has 0 unspecified atom stereocenters. The largest absolute Gasteiger partial charge is 0.493 e. The minimum Gasteiger partial charge on any atom is -0.493 e. The van der Waals surface area contributed by atoms with Gasteiger partial charge in [-0.3, -0.25) is 5.10 Å². The topological polar surface area (TPSA) is 86.0 Å². The molecule has 0 radical (unpaired) electrons. The van der Waals surface area contributed by atoms with Gasteiger partial charge in [-0.2, -0.15) is 5.10 Å². The van der Waals surface area contributed by atoms with E-state index in [4.69, 9.17) is 15.2 Å². The molecule has 96 valence electrons. The molecule has 2 rings (SSSR count). The van der Waals surface area contributed by atoms with Crippen LogP contribution in [0.3, 0.4) is 0 Å². The minimum atomic E-state index is 0.360. The van der Waals surface area contributed by atoms with Crippen molar-refractivity contribution in [3.63, 3.8) is 0 Å². The molecule has 0 aliphatic heterocycles. The lowest BCUT2D eigenvalue weighted by molar-refractivity contribution is 0.354. The summed E-state index contributed by atoms with van der Waals surface area (Å²) in [5.74, 6) is 2.80. The van der Waals surface area contributed by atoms with Crippen LogP contribution < -0.4 is 15.2 Å². The Morgan fingerprint density at radius 1 is 1.22 bits per heavy atom. The summed E-state index contributed by atoms with van der Waals surface area (Å²) in [6, 6.07) is 5.74. The monoisotopic (exact) mass is 248 g/mol. The standard InChI is InChI=1S/C12H16N4O2/c1-17-9-4-3-8(5-10(9)18-2)6-11-14-12(7-13)16-15-11/h3-5H,6-7,13H2,1-2H3,(H,14,15,16). The Balaban J connectivity index is 2.18. The predicted octanol–water partition coefficient (Wildman–Crippen LogP) is 0.871. The predicted molar refractivity (Wildman–Crippen MR) is 66.6 cm³/mol. The summed E-state index contributed by atoms with van der Waals surface area (Å²) in [7, 11) is 3.22. The molecule has 0 spiro atoms. The molecule has 2 aromatic rings. The van der Waals surface area contributed by atoms with Gasteiger partial charge < -0.3 is 15.2 Å². The Labute approximate surface area is 105 Å². The van der Waals surface area contributed by atoms with Gasteiger partial charge in [0, 0.05) is 6.42 Å². The van der Waals surface area contributed by atoms with Crippen molar-refractivity contribution in [1.82, 2.24) is 15.2 Å². The number of hydrogen-bond donors (Lipinski definition) is 2. The van der Waals surface area contributed by atoms with E-state index in [1.54, 1.807) is 14.2 Å². The van der Waals surface area contributed by atoms with Gasteiger partial charge in [0.1, 0.15) is 5.82 Å². The molecular weight excluding hydrogens is 232 g/mol. The lowest BCUT2D eigenvalue weighted by Gasteiger charge is -2.08. The average molecular weight is 248 g/mol. The Morgan fingerprint density at radius 2 is 2.00 bits per heavy atom. The SMILES string of the molecule is COc1ccc(Cc2n[nH]c(CN)n2)cc1OC. The maximum atomic E-state index is 5.47. The molecule has 1 heterocycles. The fourth-order valence-corrected chi connectivity index (χ4v) is 1.68. The number of aromatic amines is 1. The molecule has 0 aliphatic carbocycles. The van der Waals surface area contributed by atoms with Crippen LogP contribution in [-0.2, 0) is 13.0 Å². The van der Waals surface area contributed by atoms with Crippen LogP contribution in [0, 0.1) is 0 Å². The Hall–Kier alpha value is -2.08. The fourth-order valence-electron chi connectivity index (χ4n) is 1.68. The maximum Gasteiger partial charge on any atom is 0.161 e. The van der Waals surface area contributed by atoms with Gasteiger partial charge in [-0.05, 0) is 17.7 Å². The minimum absolute atomic E-state index is 0.360. The smallest absolute Gasteiger partial charge is 0.161 e. The zero-order valence-corrected chi connectivity index (χ0v) is 10.4. The first-order chi connectivity index (χ1) is 8.76. The molecule has 1 aromatic carbocycles. The lowest BCUT2D eigenvalue weighted by Crippen LogP contribution is -1.98. The molecule has 1 aromatic heterocycles. The highest BCUT2D eigenvalue weighted by atomic mass is 16.5. The number of benzene rings is 1. The average Bonchev–Trinajstić information content (AvgIpc) is 2.86. The van der Waals surface area contributed by atoms with E-state index in [2.05, 4.69) is 15.2 Å². The van der Waals surface area contributed by atoms with Crippen molar-refractivity contribution in [2.45, 2.75) is 13.0 Å². The number of aromatic nitrogens is 3. The second-order valence-electron chi connectivity index (χ2n) is 3.77. The van der Waals surface area contributed by atoms with Crippen LogP contribution in [0.4, 0.5) is 0 Å². The van der Waals surface area contributed by atoms with E-state index in [1.165, 1.54) is 0 Å². The van der Waals surface area contributed by atoms with Gasteiger partial charge in [0.15, 0.2) is 17.3 Å². The highest BCUT2D eigenvalue weighted by molar-refractivity contribution is 5.43. The van der Waals surface area contributed by atoms with Crippen molar-refractivity contribution in [1.29, 1.82) is 0 Å². The molecule has 3 N–H and O–H groups in total. The Kier molecular flexibility index (Phi) is 3.78. The van der Waals surface area contributed by atoms with E-state index in [0.29, 0.717) is 36.1 Å². The van der Waals surface area contributed by atoms with Crippen molar-refractivity contribution < 1.29 is 9.47 Å². The van der Waals surface area contributed by atoms with E-state index in [-0.39, 0.29) is 0 Å². The molecule has 6 heteroatoms. The first-order valence-electron chi connectivity index (χ1n) is 5.58. The second kappa shape index (κ2) is 5.50. The molecule has 0 bridgehead atoms. The molecule has 18 heavy (non-hydrogen) atoms. The van der Waals surface area contributed by atoms with Crippen LogP contribution in [0.2, 0.25) is 0 Å². The first-order valence-corrected chi connectivity index (χ1v) is 5.58. The molecule has 0 fully saturated rings. The maximum absolute atomic E-state index is 5.47. The summed E-state index contributed by atoms with van der Waals surface area (Å²) in [5, 5.41) is 6.88. The third-order valence-corrected chi connectivity index (χ3v) is 2.58. The number of nitrogens with two attached hydrogens (primary N) is 1. The number of ether oxygens (including phenoxy) is 2.